The molecule has 0 saturated carbocycles. The summed E-state index contributed by atoms with van der Waals surface area (Å²) in [6, 6.07) is 15.6. The number of aliphatic hydroxyl groups excluding tert-OH is 3. The Morgan fingerprint density at radius 1 is 0.795 bits per heavy atom. The average Bonchev–Trinajstić information content (AvgIpc) is 2.93. The van der Waals surface area contributed by atoms with Crippen LogP contribution in [0, 0.1) is 11.8 Å². The molecule has 39 heavy (non-hydrogen) atoms. The van der Waals surface area contributed by atoms with Crippen LogP contribution >= 0.6 is 0 Å². The molecule has 0 spiro atoms. The van der Waals surface area contributed by atoms with Gasteiger partial charge in [-0.25, -0.2) is 4.79 Å². The number of aliphatic hydroxyl groups is 3. The van der Waals surface area contributed by atoms with Gasteiger partial charge in [-0.05, 0) is 29.4 Å². The van der Waals surface area contributed by atoms with Gasteiger partial charge >= 0.3 is 6.09 Å². The quantitative estimate of drug-likeness (QED) is 0.226. The van der Waals surface area contributed by atoms with E-state index in [2.05, 4.69) is 16.0 Å². The third kappa shape index (κ3) is 9.35. The van der Waals surface area contributed by atoms with E-state index in [4.69, 9.17) is 4.74 Å². The molecule has 6 N–H and O–H groups in total. The summed E-state index contributed by atoms with van der Waals surface area (Å²) in [5.74, 6) is -1.98. The van der Waals surface area contributed by atoms with E-state index in [9.17, 15) is 29.7 Å². The Kier molecular flexibility index (Phi) is 12.4. The van der Waals surface area contributed by atoms with Crippen LogP contribution in [-0.4, -0.2) is 64.6 Å². The second-order valence-electron chi connectivity index (χ2n) is 10.3. The molecule has 10 nitrogen and oxygen atoms in total. The molecule has 0 heterocycles. The monoisotopic (exact) mass is 543 g/mol. The zero-order chi connectivity index (χ0) is 29.1. The van der Waals surface area contributed by atoms with Gasteiger partial charge in [0.25, 0.3) is 11.8 Å². The molecule has 3 amide bonds. The second kappa shape index (κ2) is 15.2. The van der Waals surface area contributed by atoms with E-state index in [1.54, 1.807) is 74.5 Å². The van der Waals surface area contributed by atoms with Crippen LogP contribution in [0.4, 0.5) is 4.79 Å². The average molecular weight is 544 g/mol. The van der Waals surface area contributed by atoms with Crippen molar-refractivity contribution in [3.8, 4) is 0 Å². The topological polar surface area (TPSA) is 157 Å². The molecule has 0 aliphatic rings. The van der Waals surface area contributed by atoms with Gasteiger partial charge in [0.2, 0.25) is 0 Å². The highest BCUT2D eigenvalue weighted by atomic mass is 16.6. The van der Waals surface area contributed by atoms with Crippen molar-refractivity contribution in [1.29, 1.82) is 0 Å². The molecule has 2 rings (SSSR count). The van der Waals surface area contributed by atoms with Crippen LogP contribution in [0.5, 0.6) is 0 Å². The highest BCUT2D eigenvalue weighted by Crippen LogP contribution is 2.29. The second-order valence-corrected chi connectivity index (χ2v) is 10.3. The van der Waals surface area contributed by atoms with Crippen molar-refractivity contribution in [1.82, 2.24) is 16.0 Å². The minimum absolute atomic E-state index is 0.0189. The van der Waals surface area contributed by atoms with Crippen molar-refractivity contribution in [2.24, 2.45) is 11.8 Å². The van der Waals surface area contributed by atoms with Crippen LogP contribution < -0.4 is 16.0 Å². The summed E-state index contributed by atoms with van der Waals surface area (Å²) in [5.41, 5.74) is 1.16. The Hall–Kier alpha value is -3.47. The minimum atomic E-state index is -1.93. The summed E-state index contributed by atoms with van der Waals surface area (Å²) in [6.45, 7) is 7.12. The van der Waals surface area contributed by atoms with Gasteiger partial charge in [0.15, 0.2) is 12.2 Å². The van der Waals surface area contributed by atoms with Crippen molar-refractivity contribution in [2.75, 3.05) is 7.05 Å². The minimum Gasteiger partial charge on any atom is -0.436 e. The number of carbonyl (C=O) groups excluding carboxylic acids is 3. The van der Waals surface area contributed by atoms with Gasteiger partial charge in [-0.3, -0.25) is 9.59 Å². The molecule has 0 radical (unpaired) electrons. The molecular formula is C29H41N3O7. The van der Waals surface area contributed by atoms with Gasteiger partial charge in [0.05, 0.1) is 12.1 Å². The van der Waals surface area contributed by atoms with Crippen LogP contribution in [0.2, 0.25) is 0 Å². The Balaban J connectivity index is 2.24. The van der Waals surface area contributed by atoms with Crippen LogP contribution in [0.1, 0.15) is 57.4 Å². The third-order valence-electron chi connectivity index (χ3n) is 6.27. The normalized spacial score (nSPS) is 15.9. The predicted octanol–water partition coefficient (Wildman–Crippen LogP) is 2.21. The number of rotatable bonds is 13. The molecular weight excluding hydrogens is 502 g/mol. The maximum absolute atomic E-state index is 13.2. The first kappa shape index (κ1) is 31.7. The molecule has 4 unspecified atom stereocenters. The van der Waals surface area contributed by atoms with Crippen LogP contribution in [0.15, 0.2) is 60.7 Å². The van der Waals surface area contributed by atoms with Crippen LogP contribution in [0.25, 0.3) is 0 Å². The number of carbonyl (C=O) groups is 3. The van der Waals surface area contributed by atoms with E-state index in [1.807, 2.05) is 13.8 Å². The maximum Gasteiger partial charge on any atom is 0.407 e. The molecule has 0 bridgehead atoms. The van der Waals surface area contributed by atoms with E-state index in [-0.39, 0.29) is 18.3 Å². The molecule has 10 heteroatoms. The van der Waals surface area contributed by atoms with Gasteiger partial charge in [0, 0.05) is 7.05 Å². The van der Waals surface area contributed by atoms with E-state index in [1.165, 1.54) is 7.05 Å². The first-order chi connectivity index (χ1) is 18.5. The molecule has 214 valence electrons. The standard InChI is InChI=1S/C29H41N3O7/c1-17(2)16-21(31-28(37)26(18(3)4)39-29(38)30-5)24(34)25(35)27(36)32-22(19-12-8-6-9-13-19)23(33)20-14-10-7-11-15-20/h6-15,17-18,21-26,33-35H,16H2,1-5H3,(H,30,38)(H,31,37)(H,32,36)/t21?,22-,23+,24?,25?,26?/m0/s1. The molecule has 2 aromatic carbocycles. The molecule has 2 aromatic rings. The van der Waals surface area contributed by atoms with Gasteiger partial charge in [-0.2, -0.15) is 0 Å². The van der Waals surface area contributed by atoms with E-state index in [0.717, 1.165) is 0 Å². The molecule has 0 aliphatic carbocycles. The molecule has 6 atom stereocenters. The zero-order valence-electron chi connectivity index (χ0n) is 23.1. The SMILES string of the molecule is CNC(=O)OC(C(=O)NC(CC(C)C)C(O)C(O)C(=O)N[C@@H](c1ccccc1)[C@H](O)c1ccccc1)C(C)C. The molecule has 0 saturated heterocycles. The van der Waals surface area contributed by atoms with Crippen LogP contribution in [-0.2, 0) is 14.3 Å². The summed E-state index contributed by atoms with van der Waals surface area (Å²) in [7, 11) is 1.37. The Morgan fingerprint density at radius 2 is 1.33 bits per heavy atom. The van der Waals surface area contributed by atoms with Crippen molar-refractivity contribution >= 4 is 17.9 Å². The summed E-state index contributed by atoms with van der Waals surface area (Å²) in [5, 5.41) is 40.6. The fourth-order valence-electron chi connectivity index (χ4n) is 4.18. The van der Waals surface area contributed by atoms with Gasteiger partial charge in [0.1, 0.15) is 12.2 Å². The molecule has 0 aliphatic heterocycles. The lowest BCUT2D eigenvalue weighted by Gasteiger charge is -2.32. The fraction of sp³-hybridized carbons (Fsp3) is 0.483. The number of benzene rings is 2. The number of hydrogen-bond acceptors (Lipinski definition) is 7. The summed E-state index contributed by atoms with van der Waals surface area (Å²) >= 11 is 0. The predicted molar refractivity (Wildman–Crippen MR) is 146 cm³/mol. The number of amides is 3. The smallest absolute Gasteiger partial charge is 0.407 e. The summed E-state index contributed by atoms with van der Waals surface area (Å²) in [4.78, 5) is 37.9. The highest BCUT2D eigenvalue weighted by molar-refractivity contribution is 5.84. The van der Waals surface area contributed by atoms with Crippen molar-refractivity contribution in [3.05, 3.63) is 71.8 Å². The lowest BCUT2D eigenvalue weighted by molar-refractivity contribution is -0.141. The zero-order valence-corrected chi connectivity index (χ0v) is 23.1. The highest BCUT2D eigenvalue weighted by Gasteiger charge is 2.37. The molecule has 0 aromatic heterocycles. The first-order valence-electron chi connectivity index (χ1n) is 13.1. The van der Waals surface area contributed by atoms with Crippen molar-refractivity contribution in [2.45, 2.75) is 70.6 Å². The van der Waals surface area contributed by atoms with Gasteiger partial charge < -0.3 is 36.0 Å². The number of alkyl carbamates (subject to hydrolysis) is 1. The number of hydrogen-bond donors (Lipinski definition) is 6. The summed E-state index contributed by atoms with van der Waals surface area (Å²) in [6.07, 6.45) is -6.46. The van der Waals surface area contributed by atoms with Gasteiger partial charge in [-0.1, -0.05) is 88.4 Å². The largest absolute Gasteiger partial charge is 0.436 e. The summed E-state index contributed by atoms with van der Waals surface area (Å²) < 4.78 is 5.17. The Morgan fingerprint density at radius 3 is 1.82 bits per heavy atom. The van der Waals surface area contributed by atoms with E-state index in [0.29, 0.717) is 11.1 Å². The number of ether oxygens (including phenoxy) is 1. The fourth-order valence-corrected chi connectivity index (χ4v) is 4.18. The third-order valence-corrected chi connectivity index (χ3v) is 6.27. The lowest BCUT2D eigenvalue weighted by atomic mass is 9.93. The molecule has 0 fully saturated rings. The first-order valence-corrected chi connectivity index (χ1v) is 13.1. The Labute approximate surface area is 229 Å². The van der Waals surface area contributed by atoms with E-state index >= 15 is 0 Å². The van der Waals surface area contributed by atoms with Gasteiger partial charge in [-0.15, -0.1) is 0 Å². The Bertz CT molecular complexity index is 1050. The van der Waals surface area contributed by atoms with Crippen molar-refractivity contribution in [3.63, 3.8) is 0 Å². The van der Waals surface area contributed by atoms with E-state index < -0.39 is 54.4 Å². The maximum atomic E-state index is 13.2. The van der Waals surface area contributed by atoms with Crippen LogP contribution in [0.3, 0.4) is 0 Å². The number of nitrogens with one attached hydrogen (secondary N) is 3. The lowest BCUT2D eigenvalue weighted by Crippen LogP contribution is -2.56. The van der Waals surface area contributed by atoms with Crippen molar-refractivity contribution < 1.29 is 34.4 Å².